The van der Waals surface area contributed by atoms with Gasteiger partial charge in [-0.25, -0.2) is 0 Å². The van der Waals surface area contributed by atoms with Crippen molar-refractivity contribution in [1.29, 1.82) is 0 Å². The lowest BCUT2D eigenvalue weighted by Gasteiger charge is -2.14. The summed E-state index contributed by atoms with van der Waals surface area (Å²) in [6.07, 6.45) is 1.73. The molecule has 0 spiro atoms. The van der Waals surface area contributed by atoms with Crippen molar-refractivity contribution >= 4 is 69.2 Å². The highest BCUT2D eigenvalue weighted by Crippen LogP contribution is 2.37. The molecule has 0 bridgehead atoms. The minimum atomic E-state index is -0.266. The number of anilines is 2. The number of thiocarbonyl (C=S) groups is 1. The van der Waals surface area contributed by atoms with E-state index in [1.165, 1.54) is 16.7 Å². The first-order chi connectivity index (χ1) is 16.3. The Labute approximate surface area is 212 Å². The molecule has 0 aromatic heterocycles. The van der Waals surface area contributed by atoms with Gasteiger partial charge in [0.15, 0.2) is 10.9 Å². The summed E-state index contributed by atoms with van der Waals surface area (Å²) in [6.45, 7) is 3.79. The summed E-state index contributed by atoms with van der Waals surface area (Å²) in [5.41, 5.74) is 4.20. The zero-order chi connectivity index (χ0) is 24.2. The predicted octanol–water partition coefficient (Wildman–Crippen LogP) is 6.38. The monoisotopic (exact) mass is 508 g/mol. The van der Waals surface area contributed by atoms with Crippen LogP contribution in [0.4, 0.5) is 11.4 Å². The van der Waals surface area contributed by atoms with Crippen LogP contribution < -0.4 is 15.0 Å². The summed E-state index contributed by atoms with van der Waals surface area (Å²) in [5.74, 6) is 0.00716. The van der Waals surface area contributed by atoms with E-state index >= 15 is 0 Å². The van der Waals surface area contributed by atoms with Gasteiger partial charge < -0.3 is 10.1 Å². The van der Waals surface area contributed by atoms with Crippen LogP contribution in [0.15, 0.2) is 71.6 Å². The molecule has 172 valence electrons. The van der Waals surface area contributed by atoms with Crippen LogP contribution in [0.2, 0.25) is 5.02 Å². The van der Waals surface area contributed by atoms with Gasteiger partial charge in [-0.1, -0.05) is 65.9 Å². The minimum absolute atomic E-state index is 0.163. The van der Waals surface area contributed by atoms with Gasteiger partial charge in [0.05, 0.1) is 10.6 Å². The Morgan fingerprint density at radius 3 is 2.59 bits per heavy atom. The fraction of sp³-hybridized carbons (Fsp3) is 0.115. The van der Waals surface area contributed by atoms with Gasteiger partial charge in [-0.3, -0.25) is 14.5 Å². The molecule has 3 aromatic carbocycles. The standard InChI is InChI=1S/C26H21ClN2O3S2/c1-16-6-5-8-21(17(16)2)28-24(30)15-32-22-9-4-3-7-18(22)14-23-25(31)29(26(33)34-23)20-12-10-19(27)11-13-20/h3-14H,15H2,1-2H3,(H,28,30)/b23-14-. The van der Waals surface area contributed by atoms with Crippen LogP contribution >= 0.6 is 35.6 Å². The highest BCUT2D eigenvalue weighted by Gasteiger charge is 2.33. The number of nitrogens with zero attached hydrogens (tertiary/aromatic N) is 1. The highest BCUT2D eigenvalue weighted by molar-refractivity contribution is 8.27. The number of hydrogen-bond donors (Lipinski definition) is 1. The van der Waals surface area contributed by atoms with Crippen molar-refractivity contribution in [1.82, 2.24) is 0 Å². The molecule has 1 aliphatic heterocycles. The van der Waals surface area contributed by atoms with E-state index in [0.717, 1.165) is 16.8 Å². The molecule has 2 amide bonds. The molecule has 1 fully saturated rings. The van der Waals surface area contributed by atoms with Crippen molar-refractivity contribution in [3.63, 3.8) is 0 Å². The van der Waals surface area contributed by atoms with Gasteiger partial charge in [-0.05, 0) is 67.4 Å². The van der Waals surface area contributed by atoms with Gasteiger partial charge in [0.1, 0.15) is 5.75 Å². The normalized spacial score (nSPS) is 14.6. The van der Waals surface area contributed by atoms with Gasteiger partial charge in [0.25, 0.3) is 11.8 Å². The number of nitrogens with one attached hydrogen (secondary N) is 1. The third-order valence-corrected chi connectivity index (χ3v) is 6.88. The fourth-order valence-electron chi connectivity index (χ4n) is 3.37. The Balaban J connectivity index is 1.48. The maximum atomic E-state index is 13.1. The number of benzene rings is 3. The maximum absolute atomic E-state index is 13.1. The molecule has 1 heterocycles. The van der Waals surface area contributed by atoms with Gasteiger partial charge in [0.2, 0.25) is 0 Å². The summed E-state index contributed by atoms with van der Waals surface area (Å²) in [6, 6.07) is 19.9. The topological polar surface area (TPSA) is 58.6 Å². The van der Waals surface area contributed by atoms with Crippen LogP contribution in [0.5, 0.6) is 5.75 Å². The Bertz CT molecular complexity index is 1310. The predicted molar refractivity (Wildman–Crippen MR) is 144 cm³/mol. The second-order valence-corrected chi connectivity index (χ2v) is 9.73. The van der Waals surface area contributed by atoms with Crippen LogP contribution in [0, 0.1) is 13.8 Å². The number of rotatable bonds is 6. The van der Waals surface area contributed by atoms with Crippen molar-refractivity contribution in [2.45, 2.75) is 13.8 Å². The summed E-state index contributed by atoms with van der Waals surface area (Å²) < 4.78 is 6.24. The summed E-state index contributed by atoms with van der Waals surface area (Å²) in [7, 11) is 0. The Morgan fingerprint density at radius 1 is 1.09 bits per heavy atom. The Kier molecular flexibility index (Phi) is 7.36. The second kappa shape index (κ2) is 10.4. The average Bonchev–Trinajstić information content (AvgIpc) is 3.09. The SMILES string of the molecule is Cc1cccc(NC(=O)COc2ccccc2/C=C2\SC(=S)N(c3ccc(Cl)cc3)C2=O)c1C. The van der Waals surface area contributed by atoms with E-state index in [1.807, 2.05) is 50.2 Å². The van der Waals surface area contributed by atoms with Crippen LogP contribution in [0.25, 0.3) is 6.08 Å². The first-order valence-electron chi connectivity index (χ1n) is 10.4. The molecule has 4 rings (SSSR count). The minimum Gasteiger partial charge on any atom is -0.483 e. The maximum Gasteiger partial charge on any atom is 0.270 e. The molecule has 1 aliphatic rings. The van der Waals surface area contributed by atoms with E-state index in [1.54, 1.807) is 36.4 Å². The van der Waals surface area contributed by atoms with E-state index in [0.29, 0.717) is 31.2 Å². The van der Waals surface area contributed by atoms with E-state index in [4.69, 9.17) is 28.6 Å². The van der Waals surface area contributed by atoms with Crippen LogP contribution in [-0.4, -0.2) is 22.7 Å². The van der Waals surface area contributed by atoms with Crippen molar-refractivity contribution in [2.75, 3.05) is 16.8 Å². The molecular weight excluding hydrogens is 488 g/mol. The van der Waals surface area contributed by atoms with Crippen LogP contribution in [0.1, 0.15) is 16.7 Å². The number of hydrogen-bond acceptors (Lipinski definition) is 5. The molecule has 34 heavy (non-hydrogen) atoms. The number of thioether (sulfide) groups is 1. The third kappa shape index (κ3) is 5.33. The van der Waals surface area contributed by atoms with Gasteiger partial charge in [0, 0.05) is 16.3 Å². The third-order valence-electron chi connectivity index (χ3n) is 5.32. The second-order valence-electron chi connectivity index (χ2n) is 7.62. The molecule has 8 heteroatoms. The summed E-state index contributed by atoms with van der Waals surface area (Å²) in [5, 5.41) is 3.46. The quantitative estimate of drug-likeness (QED) is 0.309. The van der Waals surface area contributed by atoms with Crippen LogP contribution in [0.3, 0.4) is 0 Å². The van der Waals surface area contributed by atoms with E-state index < -0.39 is 0 Å². The largest absolute Gasteiger partial charge is 0.483 e. The van der Waals surface area contributed by atoms with Crippen molar-refractivity contribution in [3.8, 4) is 5.75 Å². The molecule has 0 aliphatic carbocycles. The van der Waals surface area contributed by atoms with Crippen LogP contribution in [-0.2, 0) is 9.59 Å². The van der Waals surface area contributed by atoms with Gasteiger partial charge in [-0.2, -0.15) is 0 Å². The molecule has 0 unspecified atom stereocenters. The fourth-order valence-corrected chi connectivity index (χ4v) is 4.78. The molecule has 0 atom stereocenters. The number of carbonyl (C=O) groups excluding carboxylic acids is 2. The first kappa shape index (κ1) is 24.0. The van der Waals surface area contributed by atoms with Gasteiger partial charge >= 0.3 is 0 Å². The molecular formula is C26H21ClN2O3S2. The Hall–Kier alpha value is -3.13. The van der Waals surface area contributed by atoms with E-state index in [2.05, 4.69) is 5.32 Å². The lowest BCUT2D eigenvalue weighted by atomic mass is 10.1. The summed E-state index contributed by atoms with van der Waals surface area (Å²) >= 11 is 12.6. The smallest absolute Gasteiger partial charge is 0.270 e. The van der Waals surface area contributed by atoms with Gasteiger partial charge in [-0.15, -0.1) is 0 Å². The highest BCUT2D eigenvalue weighted by atomic mass is 35.5. The Morgan fingerprint density at radius 2 is 1.82 bits per heavy atom. The average molecular weight is 509 g/mol. The number of halogens is 1. The number of ether oxygens (including phenoxy) is 1. The molecule has 3 aromatic rings. The molecule has 0 saturated carbocycles. The zero-order valence-electron chi connectivity index (χ0n) is 18.5. The molecule has 0 radical (unpaired) electrons. The summed E-state index contributed by atoms with van der Waals surface area (Å²) in [4.78, 5) is 27.5. The lowest BCUT2D eigenvalue weighted by molar-refractivity contribution is -0.118. The van der Waals surface area contributed by atoms with E-state index in [-0.39, 0.29) is 18.4 Å². The first-order valence-corrected chi connectivity index (χ1v) is 12.0. The lowest BCUT2D eigenvalue weighted by Crippen LogP contribution is -2.27. The molecule has 1 N–H and O–H groups in total. The zero-order valence-corrected chi connectivity index (χ0v) is 20.9. The number of amides is 2. The van der Waals surface area contributed by atoms with Crippen molar-refractivity contribution in [2.24, 2.45) is 0 Å². The molecule has 1 saturated heterocycles. The van der Waals surface area contributed by atoms with E-state index in [9.17, 15) is 9.59 Å². The van der Waals surface area contributed by atoms with Crippen molar-refractivity contribution in [3.05, 3.63) is 93.3 Å². The number of carbonyl (C=O) groups is 2. The number of para-hydroxylation sites is 1. The van der Waals surface area contributed by atoms with Crippen molar-refractivity contribution < 1.29 is 14.3 Å². The molecule has 5 nitrogen and oxygen atoms in total. The number of aryl methyl sites for hydroxylation is 1.